The van der Waals surface area contributed by atoms with Crippen molar-refractivity contribution in [1.82, 2.24) is 34.3 Å². The normalized spacial score (nSPS) is 20.4. The van der Waals surface area contributed by atoms with Crippen molar-refractivity contribution >= 4 is 17.7 Å². The quantitative estimate of drug-likeness (QED) is 0.382. The molecule has 0 aromatic heterocycles. The van der Waals surface area contributed by atoms with E-state index in [1.165, 1.54) is 26.1 Å². The van der Waals surface area contributed by atoms with Crippen LogP contribution in [0.1, 0.15) is 61.8 Å². The molecule has 13 heteroatoms. The van der Waals surface area contributed by atoms with E-state index in [1.54, 1.807) is 4.90 Å². The molecule has 0 aromatic rings. The standard InChI is InChI=1S/C7H14N2O2.2C7H14N2O.C7H17N.C5H11NO.C2H6/c1-2-9-3-4-11-6(5-9)7(8)10;1-3-9-5-4-8(2)7(10)6-9;1-3-9-5-4-8(2)6-7(9)10;1-4-7-8(5-2)6-3;1-6(2)5-3-7-4-5;1-2/h6H,2-5H2,1H3,(H2,8,10);2*3-6H2,1-2H3;4-7H2,1-3H3;5H,3-4H2,1-2H3;1-2H3. The number of hydrogen-bond donors (Lipinski definition) is 1. The first-order chi connectivity index (χ1) is 22.9. The van der Waals surface area contributed by atoms with Crippen molar-refractivity contribution in [3.05, 3.63) is 0 Å². The van der Waals surface area contributed by atoms with Gasteiger partial charge in [-0.25, -0.2) is 0 Å². The van der Waals surface area contributed by atoms with Crippen LogP contribution >= 0.6 is 0 Å². The number of ether oxygens (including phenoxy) is 2. The second-order valence-corrected chi connectivity index (χ2v) is 12.2. The van der Waals surface area contributed by atoms with Crippen LogP contribution < -0.4 is 5.73 Å². The average Bonchev–Trinajstić information content (AvgIpc) is 3.06. The molecule has 2 N–H and O–H groups in total. The van der Waals surface area contributed by atoms with E-state index in [2.05, 4.69) is 73.2 Å². The molecular weight excluding hydrogens is 612 g/mol. The molecule has 0 spiro atoms. The molecule has 3 amide bonds. The fourth-order valence-electron chi connectivity index (χ4n) is 4.78. The number of morpholine rings is 1. The minimum absolute atomic E-state index is 0.244. The van der Waals surface area contributed by atoms with Gasteiger partial charge < -0.3 is 34.8 Å². The maximum absolute atomic E-state index is 11.1. The Hall–Kier alpha value is -1.87. The Morgan fingerprint density at radius 1 is 0.812 bits per heavy atom. The molecule has 4 aliphatic heterocycles. The third-order valence-corrected chi connectivity index (χ3v) is 8.57. The molecule has 4 fully saturated rings. The molecule has 4 saturated heterocycles. The summed E-state index contributed by atoms with van der Waals surface area (Å²) in [4.78, 5) is 47.5. The van der Waals surface area contributed by atoms with Gasteiger partial charge in [-0.15, -0.1) is 0 Å². The van der Waals surface area contributed by atoms with Crippen molar-refractivity contribution in [2.75, 3.05) is 140 Å². The lowest BCUT2D eigenvalue weighted by molar-refractivity contribution is -0.135. The lowest BCUT2D eigenvalue weighted by atomic mass is 10.2. The van der Waals surface area contributed by atoms with E-state index in [1.807, 2.05) is 39.8 Å². The van der Waals surface area contributed by atoms with Crippen LogP contribution in [0.4, 0.5) is 0 Å². The fraction of sp³-hybridized carbons (Fsp3) is 0.914. The maximum Gasteiger partial charge on any atom is 0.247 e. The predicted molar refractivity (Wildman–Crippen MR) is 198 cm³/mol. The number of carbonyl (C=O) groups is 3. The Labute approximate surface area is 295 Å². The van der Waals surface area contributed by atoms with Crippen LogP contribution in [0.2, 0.25) is 0 Å². The van der Waals surface area contributed by atoms with Crippen LogP contribution in [0.25, 0.3) is 0 Å². The Bertz CT molecular complexity index is 814. The first kappa shape index (κ1) is 48.2. The maximum atomic E-state index is 11.1. The number of nitrogens with zero attached hydrogens (tertiary/aromatic N) is 7. The molecule has 286 valence electrons. The van der Waals surface area contributed by atoms with E-state index in [4.69, 9.17) is 15.2 Å². The summed E-state index contributed by atoms with van der Waals surface area (Å²) in [5.41, 5.74) is 5.09. The van der Waals surface area contributed by atoms with E-state index in [0.717, 1.165) is 65.6 Å². The van der Waals surface area contributed by atoms with Crippen molar-refractivity contribution < 1.29 is 23.9 Å². The highest BCUT2D eigenvalue weighted by Crippen LogP contribution is 2.05. The molecule has 4 aliphatic rings. The van der Waals surface area contributed by atoms with Gasteiger partial charge in [-0.3, -0.25) is 29.1 Å². The minimum atomic E-state index is -0.399. The SMILES string of the molecule is CC.CCCN(CC)CC.CCN1CCN(C)C(=O)C1.CCN1CCN(C)CC1=O.CCN1CCOC(C(N)=O)C1.CN(C)C1COC1. The van der Waals surface area contributed by atoms with Crippen LogP contribution in [-0.4, -0.2) is 204 Å². The first-order valence-electron chi connectivity index (χ1n) is 18.4. The third-order valence-electron chi connectivity index (χ3n) is 8.57. The molecule has 0 aromatic carbocycles. The summed E-state index contributed by atoms with van der Waals surface area (Å²) in [6, 6.07) is 0.694. The van der Waals surface area contributed by atoms with Gasteiger partial charge in [0.15, 0.2) is 0 Å². The molecule has 1 unspecified atom stereocenters. The van der Waals surface area contributed by atoms with E-state index in [9.17, 15) is 14.4 Å². The van der Waals surface area contributed by atoms with E-state index in [0.29, 0.717) is 32.3 Å². The first-order valence-corrected chi connectivity index (χ1v) is 18.4. The molecule has 13 nitrogen and oxygen atoms in total. The highest BCUT2D eigenvalue weighted by atomic mass is 16.5. The number of primary amides is 1. The summed E-state index contributed by atoms with van der Waals surface area (Å²) in [5, 5.41) is 0. The number of hydrogen-bond acceptors (Lipinski definition) is 10. The van der Waals surface area contributed by atoms with E-state index in [-0.39, 0.29) is 17.7 Å². The van der Waals surface area contributed by atoms with E-state index < -0.39 is 6.10 Å². The smallest absolute Gasteiger partial charge is 0.247 e. The fourth-order valence-corrected chi connectivity index (χ4v) is 4.78. The third kappa shape index (κ3) is 22.0. The highest BCUT2D eigenvalue weighted by molar-refractivity contribution is 5.79. The monoisotopic (exact) mass is 689 g/mol. The van der Waals surface area contributed by atoms with Crippen molar-refractivity contribution in [2.45, 2.75) is 74.0 Å². The largest absolute Gasteiger partial charge is 0.378 e. The van der Waals surface area contributed by atoms with Crippen LogP contribution in [0.3, 0.4) is 0 Å². The van der Waals surface area contributed by atoms with Gasteiger partial charge in [-0.1, -0.05) is 48.5 Å². The van der Waals surface area contributed by atoms with Gasteiger partial charge in [0.2, 0.25) is 17.7 Å². The van der Waals surface area contributed by atoms with Gasteiger partial charge in [-0.05, 0) is 67.2 Å². The number of amides is 3. The van der Waals surface area contributed by atoms with Gasteiger partial charge in [-0.2, -0.15) is 0 Å². The summed E-state index contributed by atoms with van der Waals surface area (Å²) in [6.07, 6.45) is 0.880. The molecule has 0 saturated carbocycles. The van der Waals surface area contributed by atoms with Crippen molar-refractivity contribution in [3.63, 3.8) is 0 Å². The summed E-state index contributed by atoms with van der Waals surface area (Å²) >= 11 is 0. The molecule has 0 bridgehead atoms. The summed E-state index contributed by atoms with van der Waals surface area (Å²) < 4.78 is 10.1. The van der Waals surface area contributed by atoms with Gasteiger partial charge >= 0.3 is 0 Å². The summed E-state index contributed by atoms with van der Waals surface area (Å²) in [5.74, 6) is 0.146. The van der Waals surface area contributed by atoms with Crippen molar-refractivity contribution in [3.8, 4) is 0 Å². The van der Waals surface area contributed by atoms with Crippen LogP contribution in [0.5, 0.6) is 0 Å². The molecule has 1 atom stereocenters. The zero-order valence-corrected chi connectivity index (χ0v) is 33.1. The molecular formula is C35H76N8O5. The number of piperazine rings is 2. The van der Waals surface area contributed by atoms with Gasteiger partial charge in [0.1, 0.15) is 6.10 Å². The summed E-state index contributed by atoms with van der Waals surface area (Å²) in [6.45, 7) is 32.3. The average molecular weight is 689 g/mol. The second-order valence-electron chi connectivity index (χ2n) is 12.2. The Balaban J connectivity index is 0. The molecule has 0 aliphatic carbocycles. The molecule has 4 rings (SSSR count). The van der Waals surface area contributed by atoms with Crippen LogP contribution in [0, 0.1) is 0 Å². The van der Waals surface area contributed by atoms with Crippen molar-refractivity contribution in [2.24, 2.45) is 5.73 Å². The van der Waals surface area contributed by atoms with Gasteiger partial charge in [0, 0.05) is 52.9 Å². The van der Waals surface area contributed by atoms with Crippen LogP contribution in [0.15, 0.2) is 0 Å². The zero-order chi connectivity index (χ0) is 37.1. The molecule has 4 heterocycles. The topological polar surface area (TPSA) is 118 Å². The Morgan fingerprint density at radius 2 is 1.42 bits per heavy atom. The highest BCUT2D eigenvalue weighted by Gasteiger charge is 2.23. The predicted octanol–water partition coefficient (Wildman–Crippen LogP) is 1.46. The Kier molecular flexibility index (Phi) is 30.1. The number of carbonyl (C=O) groups excluding carboxylic acids is 3. The van der Waals surface area contributed by atoms with E-state index >= 15 is 0 Å². The summed E-state index contributed by atoms with van der Waals surface area (Å²) in [7, 11) is 7.99. The number of likely N-dealkylation sites (N-methyl/N-ethyl adjacent to an activating group) is 6. The Morgan fingerprint density at radius 3 is 1.77 bits per heavy atom. The number of nitrogens with two attached hydrogens (primary N) is 1. The second kappa shape index (κ2) is 30.0. The van der Waals surface area contributed by atoms with Crippen molar-refractivity contribution in [1.29, 1.82) is 0 Å². The van der Waals surface area contributed by atoms with Gasteiger partial charge in [0.05, 0.1) is 39.0 Å². The lowest BCUT2D eigenvalue weighted by Gasteiger charge is -2.31. The molecule has 48 heavy (non-hydrogen) atoms. The molecule has 0 radical (unpaired) electrons. The lowest BCUT2D eigenvalue weighted by Crippen LogP contribution is -2.48. The zero-order valence-electron chi connectivity index (χ0n) is 33.1. The number of rotatable bonds is 9. The van der Waals surface area contributed by atoms with Crippen LogP contribution in [-0.2, 0) is 23.9 Å². The van der Waals surface area contributed by atoms with Gasteiger partial charge in [0.25, 0.3) is 0 Å². The minimum Gasteiger partial charge on any atom is -0.378 e.